The largest absolute Gasteiger partial charge is 0.496 e. The number of ether oxygens (including phenoxy) is 1. The van der Waals surface area contributed by atoms with Crippen LogP contribution >= 0.6 is 12.4 Å². The third-order valence-corrected chi connectivity index (χ3v) is 4.97. The molecule has 2 aromatic heterocycles. The molecule has 3 aromatic carbocycles. The van der Waals surface area contributed by atoms with Crippen molar-refractivity contribution in [1.29, 1.82) is 0 Å². The highest BCUT2D eigenvalue weighted by atomic mass is 35.5. The average Bonchev–Trinajstić information content (AvgIpc) is 3.13. The van der Waals surface area contributed by atoms with Gasteiger partial charge in [0.1, 0.15) is 11.6 Å². The van der Waals surface area contributed by atoms with E-state index in [1.807, 2.05) is 55.5 Å². The molecule has 0 bridgehead atoms. The second-order valence-corrected chi connectivity index (χ2v) is 7.00. The highest BCUT2D eigenvalue weighted by molar-refractivity contribution is 5.92. The summed E-state index contributed by atoms with van der Waals surface area (Å²) in [5.41, 5.74) is 3.73. The van der Waals surface area contributed by atoms with Crippen LogP contribution < -0.4 is 15.4 Å². The SMILES string of the molecule is COc1cc(Nc2nccc(Nc3ccc4c(C)[nH]nc4c3)n2)cc2ccccc12.Cl. The number of halogens is 1. The molecule has 0 aliphatic rings. The van der Waals surface area contributed by atoms with Gasteiger partial charge in [0, 0.05) is 40.1 Å². The van der Waals surface area contributed by atoms with E-state index in [2.05, 4.69) is 42.9 Å². The first-order chi connectivity index (χ1) is 14.7. The number of nitrogens with one attached hydrogen (secondary N) is 3. The minimum Gasteiger partial charge on any atom is -0.496 e. The number of rotatable bonds is 5. The Labute approximate surface area is 185 Å². The van der Waals surface area contributed by atoms with Crippen LogP contribution in [-0.4, -0.2) is 27.3 Å². The summed E-state index contributed by atoms with van der Waals surface area (Å²) in [5.74, 6) is 1.98. The number of aromatic nitrogens is 4. The van der Waals surface area contributed by atoms with Crippen LogP contribution in [0.1, 0.15) is 5.69 Å². The Morgan fingerprint density at radius 1 is 0.903 bits per heavy atom. The van der Waals surface area contributed by atoms with Gasteiger partial charge in [-0.25, -0.2) is 4.98 Å². The van der Waals surface area contributed by atoms with Gasteiger partial charge < -0.3 is 15.4 Å². The van der Waals surface area contributed by atoms with Gasteiger partial charge in [-0.2, -0.15) is 10.1 Å². The summed E-state index contributed by atoms with van der Waals surface area (Å²) < 4.78 is 5.54. The van der Waals surface area contributed by atoms with Crippen molar-refractivity contribution in [3.05, 3.63) is 72.6 Å². The summed E-state index contributed by atoms with van der Waals surface area (Å²) in [4.78, 5) is 8.93. The Kier molecular flexibility index (Phi) is 5.60. The zero-order valence-electron chi connectivity index (χ0n) is 17.0. The van der Waals surface area contributed by atoms with Crippen LogP contribution in [0.2, 0.25) is 0 Å². The fourth-order valence-corrected chi connectivity index (χ4v) is 3.51. The van der Waals surface area contributed by atoms with Crippen LogP contribution in [0.15, 0.2) is 66.9 Å². The number of H-pyrrole nitrogens is 1. The van der Waals surface area contributed by atoms with Gasteiger partial charge in [0.05, 0.1) is 12.6 Å². The Morgan fingerprint density at radius 3 is 2.65 bits per heavy atom. The van der Waals surface area contributed by atoms with E-state index in [1.165, 1.54) is 0 Å². The van der Waals surface area contributed by atoms with Crippen LogP contribution in [0.25, 0.3) is 21.7 Å². The van der Waals surface area contributed by atoms with Gasteiger partial charge >= 0.3 is 0 Å². The van der Waals surface area contributed by atoms with Crippen molar-refractivity contribution in [1.82, 2.24) is 20.2 Å². The molecular weight excluding hydrogens is 412 g/mol. The van der Waals surface area contributed by atoms with Gasteiger partial charge in [-0.15, -0.1) is 12.4 Å². The molecule has 5 rings (SSSR count). The number of methoxy groups -OCH3 is 1. The normalized spacial score (nSPS) is 10.6. The number of aryl methyl sites for hydroxylation is 1. The van der Waals surface area contributed by atoms with E-state index in [0.29, 0.717) is 11.8 Å². The second-order valence-electron chi connectivity index (χ2n) is 7.00. The molecule has 0 aliphatic carbocycles. The van der Waals surface area contributed by atoms with Crippen molar-refractivity contribution in [2.75, 3.05) is 17.7 Å². The van der Waals surface area contributed by atoms with E-state index < -0.39 is 0 Å². The number of nitrogens with zero attached hydrogens (tertiary/aromatic N) is 3. The molecule has 3 N–H and O–H groups in total. The zero-order valence-corrected chi connectivity index (χ0v) is 17.8. The van der Waals surface area contributed by atoms with Crippen LogP contribution in [0, 0.1) is 6.92 Å². The smallest absolute Gasteiger partial charge is 0.229 e. The van der Waals surface area contributed by atoms with E-state index in [4.69, 9.17) is 4.74 Å². The van der Waals surface area contributed by atoms with Gasteiger partial charge in [-0.05, 0) is 42.6 Å². The Balaban J connectivity index is 0.00000231. The van der Waals surface area contributed by atoms with Crippen molar-refractivity contribution in [3.8, 4) is 5.75 Å². The van der Waals surface area contributed by atoms with Crippen LogP contribution in [0.4, 0.5) is 23.1 Å². The standard InChI is InChI=1S/C23H20N6O.ClH/c1-14-18-8-7-16(12-20(18)29-28-14)25-22-9-10-24-23(27-22)26-17-11-15-5-3-4-6-19(15)21(13-17)30-2;/h3-13H,1-2H3,(H,28,29)(H2,24,25,26,27);1H. The molecule has 0 amide bonds. The highest BCUT2D eigenvalue weighted by Gasteiger charge is 2.07. The van der Waals surface area contributed by atoms with E-state index in [9.17, 15) is 0 Å². The predicted octanol–water partition coefficient (Wildman–Crippen LogP) is 5.73. The van der Waals surface area contributed by atoms with Gasteiger partial charge in [-0.3, -0.25) is 5.10 Å². The van der Waals surface area contributed by atoms with Gasteiger partial charge in [0.2, 0.25) is 5.95 Å². The maximum atomic E-state index is 5.54. The fraction of sp³-hybridized carbons (Fsp3) is 0.0870. The minimum atomic E-state index is 0. The summed E-state index contributed by atoms with van der Waals surface area (Å²) in [6.45, 7) is 2.01. The molecule has 0 aliphatic heterocycles. The molecule has 156 valence electrons. The van der Waals surface area contributed by atoms with Crippen molar-refractivity contribution in [2.24, 2.45) is 0 Å². The van der Waals surface area contributed by atoms with E-state index in [1.54, 1.807) is 13.3 Å². The molecule has 0 fully saturated rings. The predicted molar refractivity (Wildman–Crippen MR) is 127 cm³/mol. The third kappa shape index (κ3) is 4.08. The number of fused-ring (bicyclic) bond motifs is 2. The van der Waals surface area contributed by atoms with E-state index in [-0.39, 0.29) is 12.4 Å². The lowest BCUT2D eigenvalue weighted by molar-refractivity contribution is 0.420. The van der Waals surface area contributed by atoms with Gasteiger partial charge in [-0.1, -0.05) is 24.3 Å². The lowest BCUT2D eigenvalue weighted by Gasteiger charge is -2.11. The van der Waals surface area contributed by atoms with Crippen molar-refractivity contribution in [3.63, 3.8) is 0 Å². The molecule has 0 spiro atoms. The summed E-state index contributed by atoms with van der Waals surface area (Å²) in [6.07, 6.45) is 1.72. The van der Waals surface area contributed by atoms with Gasteiger partial charge in [0.25, 0.3) is 0 Å². The highest BCUT2D eigenvalue weighted by Crippen LogP contribution is 2.31. The lowest BCUT2D eigenvalue weighted by atomic mass is 10.1. The number of anilines is 4. The Morgan fingerprint density at radius 2 is 1.77 bits per heavy atom. The first-order valence-corrected chi connectivity index (χ1v) is 9.58. The average molecular weight is 433 g/mol. The summed E-state index contributed by atoms with van der Waals surface area (Å²) in [7, 11) is 1.67. The molecule has 0 atom stereocenters. The Bertz CT molecular complexity index is 1370. The van der Waals surface area contributed by atoms with Crippen LogP contribution in [0.3, 0.4) is 0 Å². The lowest BCUT2D eigenvalue weighted by Crippen LogP contribution is -2.00. The maximum absolute atomic E-state index is 5.54. The molecule has 2 heterocycles. The second kappa shape index (κ2) is 8.49. The molecule has 31 heavy (non-hydrogen) atoms. The summed E-state index contributed by atoms with van der Waals surface area (Å²) in [6, 6.07) is 19.9. The number of aromatic amines is 1. The molecule has 0 unspecified atom stereocenters. The molecular formula is C23H21ClN6O. The van der Waals surface area contributed by atoms with Crippen molar-refractivity contribution < 1.29 is 4.74 Å². The number of benzene rings is 3. The van der Waals surface area contributed by atoms with Crippen molar-refractivity contribution in [2.45, 2.75) is 6.92 Å². The van der Waals surface area contributed by atoms with Crippen LogP contribution in [0.5, 0.6) is 5.75 Å². The minimum absolute atomic E-state index is 0. The monoisotopic (exact) mass is 432 g/mol. The third-order valence-electron chi connectivity index (χ3n) is 4.97. The molecule has 7 nitrogen and oxygen atoms in total. The van der Waals surface area contributed by atoms with E-state index >= 15 is 0 Å². The summed E-state index contributed by atoms with van der Waals surface area (Å²) >= 11 is 0. The van der Waals surface area contributed by atoms with Gasteiger partial charge in [0.15, 0.2) is 0 Å². The molecule has 8 heteroatoms. The fourth-order valence-electron chi connectivity index (χ4n) is 3.51. The first-order valence-electron chi connectivity index (χ1n) is 9.58. The quantitative estimate of drug-likeness (QED) is 0.328. The van der Waals surface area contributed by atoms with Crippen LogP contribution in [-0.2, 0) is 0 Å². The number of hydrogen-bond donors (Lipinski definition) is 3. The summed E-state index contributed by atoms with van der Waals surface area (Å²) in [5, 5.41) is 17.1. The first kappa shape index (κ1) is 20.4. The number of hydrogen-bond acceptors (Lipinski definition) is 6. The molecule has 0 saturated carbocycles. The molecule has 5 aromatic rings. The van der Waals surface area contributed by atoms with E-state index in [0.717, 1.165) is 44.5 Å². The van der Waals surface area contributed by atoms with Crippen molar-refractivity contribution >= 4 is 57.2 Å². The maximum Gasteiger partial charge on any atom is 0.229 e. The topological polar surface area (TPSA) is 87.8 Å². The molecule has 0 saturated heterocycles. The zero-order chi connectivity index (χ0) is 20.5. The molecule has 0 radical (unpaired) electrons. The Hall–Kier alpha value is -3.84.